The zero-order valence-corrected chi connectivity index (χ0v) is 18.7. The first-order valence-corrected chi connectivity index (χ1v) is 11.2. The number of carbonyl (C=O) groups excluding carboxylic acids is 2. The highest BCUT2D eigenvalue weighted by Gasteiger charge is 2.63. The number of anilines is 1. The summed E-state index contributed by atoms with van der Waals surface area (Å²) in [5, 5.41) is 0.608. The van der Waals surface area contributed by atoms with Gasteiger partial charge in [0.05, 0.1) is 18.5 Å². The van der Waals surface area contributed by atoms with E-state index in [1.807, 2.05) is 48.5 Å². The Morgan fingerprint density at radius 1 is 1.10 bits per heavy atom. The topological polar surface area (TPSA) is 53.8 Å². The van der Waals surface area contributed by atoms with Gasteiger partial charge in [-0.1, -0.05) is 48.0 Å². The van der Waals surface area contributed by atoms with Crippen LogP contribution < -0.4 is 4.90 Å². The number of benzene rings is 2. The van der Waals surface area contributed by atoms with Gasteiger partial charge < -0.3 is 14.2 Å². The van der Waals surface area contributed by atoms with Gasteiger partial charge >= 0.3 is 0 Å². The first-order valence-electron chi connectivity index (χ1n) is 10.0. The van der Waals surface area contributed by atoms with Crippen LogP contribution in [0, 0.1) is 0 Å². The van der Waals surface area contributed by atoms with Gasteiger partial charge in [0.1, 0.15) is 0 Å². The molecule has 158 valence electrons. The first-order chi connectivity index (χ1) is 14.8. The monoisotopic (exact) mass is 452 g/mol. The molecule has 1 saturated heterocycles. The number of halogens is 1. The molecule has 0 aliphatic carbocycles. The van der Waals surface area contributed by atoms with Crippen LogP contribution in [0.1, 0.15) is 35.5 Å². The van der Waals surface area contributed by atoms with E-state index in [0.29, 0.717) is 18.1 Å². The Morgan fingerprint density at radius 3 is 2.58 bits per heavy atom. The molecule has 1 fully saturated rings. The van der Waals surface area contributed by atoms with Crippen LogP contribution in [0.2, 0.25) is 5.02 Å². The van der Waals surface area contributed by atoms with Gasteiger partial charge in [-0.05, 0) is 43.7 Å². The molecular formula is C24H21ClN2O3S. The van der Waals surface area contributed by atoms with Gasteiger partial charge in [0.2, 0.25) is 0 Å². The minimum absolute atomic E-state index is 0.135. The average Bonchev–Trinajstić information content (AvgIpc) is 3.43. The van der Waals surface area contributed by atoms with Crippen molar-refractivity contribution < 1.29 is 14.0 Å². The second-order valence-corrected chi connectivity index (χ2v) is 10.7. The number of para-hydroxylation sites is 1. The Bertz CT molecular complexity index is 1180. The predicted molar refractivity (Wildman–Crippen MR) is 122 cm³/mol. The molecule has 2 aliphatic heterocycles. The molecule has 0 radical (unpaired) electrons. The standard InChI is InChI=1S/C24H21ClN2O3S/c1-23(2)15-27(21(28)20-12-7-13-30-20)24(31-23)17-9-4-6-11-19(17)26(22(24)29)14-16-8-3-5-10-18(16)25/h3-13H,14-15H2,1-2H3/t24-/m0/s1. The van der Waals surface area contributed by atoms with E-state index in [4.69, 9.17) is 16.0 Å². The van der Waals surface area contributed by atoms with Crippen molar-refractivity contribution in [3.05, 3.63) is 88.8 Å². The fraction of sp³-hybridized carbons (Fsp3) is 0.250. The predicted octanol–water partition coefficient (Wildman–Crippen LogP) is 5.30. The summed E-state index contributed by atoms with van der Waals surface area (Å²) in [6.45, 7) is 4.88. The van der Waals surface area contributed by atoms with Gasteiger partial charge in [-0.15, -0.1) is 11.8 Å². The van der Waals surface area contributed by atoms with Crippen LogP contribution in [-0.2, 0) is 16.2 Å². The third-order valence-electron chi connectivity index (χ3n) is 5.70. The molecule has 0 saturated carbocycles. The molecular weight excluding hydrogens is 432 g/mol. The molecule has 5 rings (SSSR count). The van der Waals surface area contributed by atoms with Crippen LogP contribution in [0.5, 0.6) is 0 Å². The van der Waals surface area contributed by atoms with Crippen molar-refractivity contribution in [1.29, 1.82) is 0 Å². The number of thioether (sulfide) groups is 1. The number of fused-ring (bicyclic) bond motifs is 2. The van der Waals surface area contributed by atoms with E-state index >= 15 is 0 Å². The van der Waals surface area contributed by atoms with Gasteiger partial charge in [0.25, 0.3) is 11.8 Å². The molecule has 0 bridgehead atoms. The summed E-state index contributed by atoms with van der Waals surface area (Å²) < 4.78 is 5.08. The quantitative estimate of drug-likeness (QED) is 0.541. The third-order valence-corrected chi connectivity index (χ3v) is 7.66. The van der Waals surface area contributed by atoms with Gasteiger partial charge in [0, 0.05) is 21.9 Å². The van der Waals surface area contributed by atoms with Crippen LogP contribution in [0.15, 0.2) is 71.3 Å². The van der Waals surface area contributed by atoms with E-state index in [2.05, 4.69) is 13.8 Å². The van der Waals surface area contributed by atoms with E-state index in [1.54, 1.807) is 21.9 Å². The lowest BCUT2D eigenvalue weighted by molar-refractivity contribution is -0.123. The molecule has 1 spiro atoms. The number of furan rings is 1. The fourth-order valence-electron chi connectivity index (χ4n) is 4.44. The van der Waals surface area contributed by atoms with Crippen molar-refractivity contribution in [2.45, 2.75) is 30.0 Å². The normalized spacial score (nSPS) is 21.7. The van der Waals surface area contributed by atoms with Crippen LogP contribution in [-0.4, -0.2) is 28.0 Å². The third kappa shape index (κ3) is 3.08. The van der Waals surface area contributed by atoms with Crippen molar-refractivity contribution in [2.75, 3.05) is 11.4 Å². The van der Waals surface area contributed by atoms with Gasteiger partial charge in [-0.3, -0.25) is 9.59 Å². The van der Waals surface area contributed by atoms with Gasteiger partial charge in [-0.2, -0.15) is 0 Å². The highest BCUT2D eigenvalue weighted by atomic mass is 35.5. The van der Waals surface area contributed by atoms with Crippen LogP contribution in [0.3, 0.4) is 0 Å². The largest absolute Gasteiger partial charge is 0.459 e. The highest BCUT2D eigenvalue weighted by Crippen LogP contribution is 2.60. The van der Waals surface area contributed by atoms with Crippen molar-refractivity contribution in [3.8, 4) is 0 Å². The zero-order valence-electron chi connectivity index (χ0n) is 17.2. The summed E-state index contributed by atoms with van der Waals surface area (Å²) >= 11 is 7.92. The van der Waals surface area contributed by atoms with E-state index in [1.165, 1.54) is 18.0 Å². The number of rotatable bonds is 3. The number of carbonyl (C=O) groups is 2. The Balaban J connectivity index is 1.64. The number of hydrogen-bond acceptors (Lipinski definition) is 4. The molecule has 3 heterocycles. The van der Waals surface area contributed by atoms with Gasteiger partial charge in [-0.25, -0.2) is 0 Å². The van der Waals surface area contributed by atoms with Crippen molar-refractivity contribution >= 4 is 40.9 Å². The molecule has 3 aromatic rings. The Labute approximate surface area is 190 Å². The molecule has 1 aromatic heterocycles. The average molecular weight is 453 g/mol. The minimum atomic E-state index is -1.15. The van der Waals surface area contributed by atoms with E-state index in [9.17, 15) is 9.59 Å². The van der Waals surface area contributed by atoms with Crippen molar-refractivity contribution in [1.82, 2.24) is 4.90 Å². The lowest BCUT2D eigenvalue weighted by Crippen LogP contribution is -2.50. The Kier molecular flexibility index (Phi) is 4.68. The van der Waals surface area contributed by atoms with Crippen LogP contribution >= 0.6 is 23.4 Å². The Hall–Kier alpha value is -2.70. The molecule has 2 aromatic carbocycles. The molecule has 2 aliphatic rings. The van der Waals surface area contributed by atoms with Crippen LogP contribution in [0.25, 0.3) is 0 Å². The highest BCUT2D eigenvalue weighted by molar-refractivity contribution is 8.02. The molecule has 0 unspecified atom stereocenters. The maximum Gasteiger partial charge on any atom is 0.291 e. The summed E-state index contributed by atoms with van der Waals surface area (Å²) in [5.74, 6) is -0.192. The lowest BCUT2D eigenvalue weighted by atomic mass is 10.0. The van der Waals surface area contributed by atoms with E-state index in [0.717, 1.165) is 16.8 Å². The van der Waals surface area contributed by atoms with Crippen molar-refractivity contribution in [3.63, 3.8) is 0 Å². The molecule has 0 N–H and O–H groups in total. The molecule has 1 atom stereocenters. The molecule has 31 heavy (non-hydrogen) atoms. The first kappa shape index (κ1) is 20.2. The van der Waals surface area contributed by atoms with Crippen molar-refractivity contribution in [2.24, 2.45) is 0 Å². The summed E-state index contributed by atoms with van der Waals surface area (Å²) in [4.78, 5) is 29.8. The minimum Gasteiger partial charge on any atom is -0.459 e. The summed E-state index contributed by atoms with van der Waals surface area (Å²) in [6, 6.07) is 18.5. The summed E-state index contributed by atoms with van der Waals surface area (Å²) in [7, 11) is 0. The fourth-order valence-corrected chi connectivity index (χ4v) is 6.37. The molecule has 2 amide bonds. The second kappa shape index (κ2) is 7.18. The maximum absolute atomic E-state index is 14.1. The number of nitrogens with zero attached hydrogens (tertiary/aromatic N) is 2. The lowest BCUT2D eigenvalue weighted by Gasteiger charge is -2.32. The smallest absolute Gasteiger partial charge is 0.291 e. The van der Waals surface area contributed by atoms with E-state index < -0.39 is 4.87 Å². The number of hydrogen-bond donors (Lipinski definition) is 0. The number of amides is 2. The van der Waals surface area contributed by atoms with Gasteiger partial charge in [0.15, 0.2) is 10.6 Å². The second-order valence-electron chi connectivity index (χ2n) is 8.37. The Morgan fingerprint density at radius 2 is 1.84 bits per heavy atom. The summed E-state index contributed by atoms with van der Waals surface area (Å²) in [6.07, 6.45) is 1.47. The summed E-state index contributed by atoms with van der Waals surface area (Å²) in [5.41, 5.74) is 2.48. The molecule has 7 heteroatoms. The van der Waals surface area contributed by atoms with E-state index in [-0.39, 0.29) is 22.3 Å². The molecule has 5 nitrogen and oxygen atoms in total. The zero-order chi connectivity index (χ0) is 21.8. The maximum atomic E-state index is 14.1. The SMILES string of the molecule is CC1(C)CN(C(=O)c2ccco2)[C@@]2(S1)C(=O)N(Cc1ccccc1Cl)c1ccccc12. The van der Waals surface area contributed by atoms with Crippen LogP contribution in [0.4, 0.5) is 5.69 Å².